The molecule has 1 aromatic heterocycles. The van der Waals surface area contributed by atoms with Crippen molar-refractivity contribution in [1.29, 1.82) is 0 Å². The Bertz CT molecular complexity index is 555. The number of halogens is 1. The zero-order chi connectivity index (χ0) is 13.4. The zero-order valence-corrected chi connectivity index (χ0v) is 12.9. The number of hydrogen-bond donors (Lipinski definition) is 0. The van der Waals surface area contributed by atoms with Gasteiger partial charge in [0.1, 0.15) is 5.04 Å². The summed E-state index contributed by atoms with van der Waals surface area (Å²) in [5.41, 5.74) is 4.55. The van der Waals surface area contributed by atoms with Gasteiger partial charge in [0.25, 0.3) is 0 Å². The third kappa shape index (κ3) is 2.34. The summed E-state index contributed by atoms with van der Waals surface area (Å²) in [6.07, 6.45) is 1.73. The van der Waals surface area contributed by atoms with Gasteiger partial charge in [-0.2, -0.15) is 0 Å². The quantitative estimate of drug-likeness (QED) is 0.742. The number of hydrogen-bond acceptors (Lipinski definition) is 3. The van der Waals surface area contributed by atoms with Crippen LogP contribution in [-0.2, 0) is 0 Å². The summed E-state index contributed by atoms with van der Waals surface area (Å²) in [6.45, 7) is 10.4. The third-order valence-electron chi connectivity index (χ3n) is 2.70. The summed E-state index contributed by atoms with van der Waals surface area (Å²) in [6, 6.07) is 0.281. The Morgan fingerprint density at radius 1 is 1.39 bits per heavy atom. The molecule has 0 amide bonds. The monoisotopic (exact) mass is 280 g/mol. The van der Waals surface area contributed by atoms with Gasteiger partial charge in [0.15, 0.2) is 0 Å². The standard InChI is InChI=1S/C14H17ClN2S/c1-7(2)11-12-10(15)6-16-9(5)13(12)18-14(11)17-8(3)4/h6,8H,1-5H3. The molecule has 96 valence electrons. The van der Waals surface area contributed by atoms with Gasteiger partial charge >= 0.3 is 0 Å². The van der Waals surface area contributed by atoms with E-state index in [1.54, 1.807) is 18.0 Å². The zero-order valence-electron chi connectivity index (χ0n) is 11.3. The minimum Gasteiger partial charge on any atom is -0.275 e. The number of fused-ring (bicyclic) bond motifs is 1. The highest BCUT2D eigenvalue weighted by atomic mass is 35.5. The van der Waals surface area contributed by atoms with Crippen LogP contribution in [0.5, 0.6) is 0 Å². The number of allylic oxidation sites excluding steroid dienone is 1. The van der Waals surface area contributed by atoms with Crippen molar-refractivity contribution in [3.8, 4) is 0 Å². The number of aliphatic imine (C=N–C) groups is 1. The van der Waals surface area contributed by atoms with E-state index in [0.29, 0.717) is 5.02 Å². The first-order valence-electron chi connectivity index (χ1n) is 6.00. The molecule has 1 aliphatic heterocycles. The molecule has 0 bridgehead atoms. The van der Waals surface area contributed by atoms with Gasteiger partial charge in [0.05, 0.1) is 10.7 Å². The molecule has 0 aliphatic carbocycles. The molecule has 0 fully saturated rings. The van der Waals surface area contributed by atoms with Crippen LogP contribution in [0.3, 0.4) is 0 Å². The lowest BCUT2D eigenvalue weighted by Crippen LogP contribution is -1.98. The maximum Gasteiger partial charge on any atom is 0.103 e. The fraction of sp³-hybridized carbons (Fsp3) is 0.429. The molecule has 18 heavy (non-hydrogen) atoms. The molecular weight excluding hydrogens is 264 g/mol. The lowest BCUT2D eigenvalue weighted by atomic mass is 10.0. The van der Waals surface area contributed by atoms with Crippen molar-refractivity contribution < 1.29 is 0 Å². The normalized spacial score (nSPS) is 16.6. The fourth-order valence-corrected chi connectivity index (χ4v) is 3.64. The average Bonchev–Trinajstić information content (AvgIpc) is 2.63. The van der Waals surface area contributed by atoms with Crippen LogP contribution in [0.2, 0.25) is 5.02 Å². The Balaban J connectivity index is 2.70. The van der Waals surface area contributed by atoms with Gasteiger partial charge in [-0.25, -0.2) is 0 Å². The van der Waals surface area contributed by atoms with Gasteiger partial charge in [-0.05, 0) is 34.6 Å². The molecule has 0 unspecified atom stereocenters. The second kappa shape index (κ2) is 5.06. The number of pyridine rings is 1. The smallest absolute Gasteiger partial charge is 0.103 e. The first-order chi connectivity index (χ1) is 8.41. The third-order valence-corrected chi connectivity index (χ3v) is 4.20. The highest BCUT2D eigenvalue weighted by Crippen LogP contribution is 2.47. The molecule has 0 radical (unpaired) electrons. The lowest BCUT2D eigenvalue weighted by molar-refractivity contribution is 0.841. The van der Waals surface area contributed by atoms with Crippen molar-refractivity contribution in [3.63, 3.8) is 0 Å². The van der Waals surface area contributed by atoms with E-state index < -0.39 is 0 Å². The van der Waals surface area contributed by atoms with Crippen LogP contribution in [0.4, 0.5) is 0 Å². The van der Waals surface area contributed by atoms with Gasteiger partial charge in [0, 0.05) is 28.3 Å². The molecular formula is C14H17ClN2S. The molecule has 0 saturated heterocycles. The van der Waals surface area contributed by atoms with Crippen LogP contribution >= 0.6 is 23.4 Å². The first kappa shape index (κ1) is 13.6. The summed E-state index contributed by atoms with van der Waals surface area (Å²) < 4.78 is 0. The summed E-state index contributed by atoms with van der Waals surface area (Å²) >= 11 is 8.00. The van der Waals surface area contributed by atoms with Crippen LogP contribution in [0.1, 0.15) is 39.0 Å². The summed E-state index contributed by atoms with van der Waals surface area (Å²) in [7, 11) is 0. The van der Waals surface area contributed by atoms with E-state index in [4.69, 9.17) is 16.6 Å². The van der Waals surface area contributed by atoms with Crippen molar-refractivity contribution in [1.82, 2.24) is 4.98 Å². The Kier molecular flexibility index (Phi) is 3.83. The van der Waals surface area contributed by atoms with E-state index in [0.717, 1.165) is 21.2 Å². The van der Waals surface area contributed by atoms with Crippen LogP contribution in [0.15, 0.2) is 21.7 Å². The van der Waals surface area contributed by atoms with E-state index in [9.17, 15) is 0 Å². The van der Waals surface area contributed by atoms with E-state index >= 15 is 0 Å². The predicted molar refractivity (Wildman–Crippen MR) is 80.7 cm³/mol. The highest BCUT2D eigenvalue weighted by molar-refractivity contribution is 8.15. The van der Waals surface area contributed by atoms with Crippen molar-refractivity contribution in [2.45, 2.75) is 45.6 Å². The Hall–Kier alpha value is -0.800. The second-order valence-electron chi connectivity index (χ2n) is 4.90. The van der Waals surface area contributed by atoms with Crippen LogP contribution in [0, 0.1) is 6.92 Å². The van der Waals surface area contributed by atoms with Crippen LogP contribution < -0.4 is 0 Å². The number of thioether (sulfide) groups is 1. The van der Waals surface area contributed by atoms with E-state index in [2.05, 4.69) is 32.7 Å². The summed E-state index contributed by atoms with van der Waals surface area (Å²) in [5, 5.41) is 1.78. The number of nitrogens with zero attached hydrogens (tertiary/aromatic N) is 2. The predicted octanol–water partition coefficient (Wildman–Crippen LogP) is 4.75. The minimum absolute atomic E-state index is 0.281. The Morgan fingerprint density at radius 2 is 2.06 bits per heavy atom. The van der Waals surface area contributed by atoms with Crippen molar-refractivity contribution in [3.05, 3.63) is 28.0 Å². The molecule has 0 atom stereocenters. The highest BCUT2D eigenvalue weighted by Gasteiger charge is 2.29. The number of aromatic nitrogens is 1. The molecule has 2 rings (SSSR count). The van der Waals surface area contributed by atoms with Gasteiger partial charge in [0.2, 0.25) is 0 Å². The largest absolute Gasteiger partial charge is 0.275 e. The Morgan fingerprint density at radius 3 is 2.61 bits per heavy atom. The molecule has 2 nitrogen and oxygen atoms in total. The molecule has 2 heterocycles. The lowest BCUT2D eigenvalue weighted by Gasteiger charge is -2.07. The summed E-state index contributed by atoms with van der Waals surface area (Å²) in [5.74, 6) is 0. The van der Waals surface area contributed by atoms with Crippen molar-refractivity contribution in [2.24, 2.45) is 4.99 Å². The van der Waals surface area contributed by atoms with Crippen molar-refractivity contribution >= 4 is 34.0 Å². The SMILES string of the molecule is CC(C)=C1C(=NC(C)C)Sc2c(C)ncc(Cl)c21. The maximum absolute atomic E-state index is 6.32. The van der Waals surface area contributed by atoms with E-state index in [1.807, 2.05) is 6.92 Å². The van der Waals surface area contributed by atoms with Crippen molar-refractivity contribution in [2.75, 3.05) is 0 Å². The Labute approximate surface area is 118 Å². The van der Waals surface area contributed by atoms with Crippen LogP contribution in [0.25, 0.3) is 5.57 Å². The van der Waals surface area contributed by atoms with Gasteiger partial charge in [-0.3, -0.25) is 9.98 Å². The maximum atomic E-state index is 6.32. The second-order valence-corrected chi connectivity index (χ2v) is 6.31. The number of aryl methyl sites for hydroxylation is 1. The molecule has 0 N–H and O–H groups in total. The average molecular weight is 281 g/mol. The molecule has 4 heteroatoms. The molecule has 1 aromatic rings. The molecule has 1 aliphatic rings. The minimum atomic E-state index is 0.281. The van der Waals surface area contributed by atoms with Gasteiger partial charge in [-0.1, -0.05) is 28.9 Å². The van der Waals surface area contributed by atoms with E-state index in [1.165, 1.54) is 11.1 Å². The fourth-order valence-electron chi connectivity index (χ4n) is 1.97. The molecule has 0 spiro atoms. The number of rotatable bonds is 1. The van der Waals surface area contributed by atoms with Gasteiger partial charge < -0.3 is 0 Å². The summed E-state index contributed by atoms with van der Waals surface area (Å²) in [4.78, 5) is 10.2. The molecule has 0 saturated carbocycles. The first-order valence-corrected chi connectivity index (χ1v) is 7.20. The topological polar surface area (TPSA) is 25.2 Å². The van der Waals surface area contributed by atoms with Gasteiger partial charge in [-0.15, -0.1) is 0 Å². The van der Waals surface area contributed by atoms with E-state index in [-0.39, 0.29) is 6.04 Å². The van der Waals surface area contributed by atoms with Crippen LogP contribution in [-0.4, -0.2) is 16.1 Å². The molecule has 0 aromatic carbocycles.